The number of nitrogens with two attached hydrogens (primary N) is 1. The second kappa shape index (κ2) is 3.26. The predicted octanol–water partition coefficient (Wildman–Crippen LogP) is 2.90. The first-order chi connectivity index (χ1) is 6.20. The third kappa shape index (κ3) is 1.55. The Hall–Kier alpha value is -0.620. The van der Waals surface area contributed by atoms with Crippen molar-refractivity contribution in [3.63, 3.8) is 0 Å². The third-order valence-electron chi connectivity index (χ3n) is 1.75. The van der Waals surface area contributed by atoms with Gasteiger partial charge in [0.2, 0.25) is 0 Å². The van der Waals surface area contributed by atoms with E-state index >= 15 is 0 Å². The lowest BCUT2D eigenvalue weighted by Crippen LogP contribution is -1.80. The second-order valence-corrected chi connectivity index (χ2v) is 4.93. The van der Waals surface area contributed by atoms with E-state index in [9.17, 15) is 4.79 Å². The standard InChI is InChI=1S/C9H6INOS/c10-7-2-5(4-12)1-6-3-8(11)13-9(6)7/h1-4H,11H2. The summed E-state index contributed by atoms with van der Waals surface area (Å²) in [6, 6.07) is 5.62. The highest BCUT2D eigenvalue weighted by Crippen LogP contribution is 2.31. The van der Waals surface area contributed by atoms with Crippen molar-refractivity contribution in [2.24, 2.45) is 0 Å². The van der Waals surface area contributed by atoms with E-state index in [1.165, 1.54) is 0 Å². The molecule has 1 heterocycles. The maximum Gasteiger partial charge on any atom is 0.150 e. The van der Waals surface area contributed by atoms with Crippen LogP contribution in [0.15, 0.2) is 18.2 Å². The molecule has 0 bridgehead atoms. The van der Waals surface area contributed by atoms with Gasteiger partial charge in [0, 0.05) is 13.8 Å². The fourth-order valence-electron chi connectivity index (χ4n) is 1.22. The predicted molar refractivity (Wildman–Crippen MR) is 64.3 cm³/mol. The quantitative estimate of drug-likeness (QED) is 0.650. The number of anilines is 1. The summed E-state index contributed by atoms with van der Waals surface area (Å²) in [5.74, 6) is 0. The molecule has 2 rings (SSSR count). The first-order valence-electron chi connectivity index (χ1n) is 3.64. The average Bonchev–Trinajstić information content (AvgIpc) is 2.46. The molecule has 2 N–H and O–H groups in total. The van der Waals surface area contributed by atoms with Crippen LogP contribution in [0.3, 0.4) is 0 Å². The minimum Gasteiger partial charge on any atom is -0.391 e. The number of hydrogen-bond acceptors (Lipinski definition) is 3. The Morgan fingerprint density at radius 1 is 1.38 bits per heavy atom. The molecule has 0 spiro atoms. The van der Waals surface area contributed by atoms with Crippen molar-refractivity contribution >= 4 is 55.3 Å². The first-order valence-corrected chi connectivity index (χ1v) is 5.54. The highest BCUT2D eigenvalue weighted by Gasteiger charge is 2.04. The molecule has 0 radical (unpaired) electrons. The number of aldehydes is 1. The van der Waals surface area contributed by atoms with Crippen molar-refractivity contribution in [3.05, 3.63) is 27.3 Å². The van der Waals surface area contributed by atoms with Crippen LogP contribution in [-0.4, -0.2) is 6.29 Å². The van der Waals surface area contributed by atoms with Gasteiger partial charge in [-0.3, -0.25) is 4.79 Å². The van der Waals surface area contributed by atoms with Gasteiger partial charge in [-0.15, -0.1) is 11.3 Å². The minimum atomic E-state index is 0.703. The Balaban J connectivity index is 2.82. The molecule has 4 heteroatoms. The molecule has 0 amide bonds. The topological polar surface area (TPSA) is 43.1 Å². The maximum absolute atomic E-state index is 10.6. The lowest BCUT2D eigenvalue weighted by molar-refractivity contribution is 0.112. The number of carbonyl (C=O) groups excluding carboxylic acids is 1. The zero-order valence-electron chi connectivity index (χ0n) is 6.58. The molecule has 0 aliphatic heterocycles. The fourth-order valence-corrected chi connectivity index (χ4v) is 3.04. The highest BCUT2D eigenvalue weighted by atomic mass is 127. The van der Waals surface area contributed by atoms with E-state index in [1.54, 1.807) is 11.3 Å². The van der Waals surface area contributed by atoms with Gasteiger partial charge in [-0.2, -0.15) is 0 Å². The van der Waals surface area contributed by atoms with Crippen LogP contribution in [0.1, 0.15) is 10.4 Å². The van der Waals surface area contributed by atoms with Crippen LogP contribution in [0, 0.1) is 3.57 Å². The van der Waals surface area contributed by atoms with Gasteiger partial charge < -0.3 is 5.73 Å². The van der Waals surface area contributed by atoms with Crippen molar-refractivity contribution in [1.29, 1.82) is 0 Å². The van der Waals surface area contributed by atoms with Gasteiger partial charge >= 0.3 is 0 Å². The average molecular weight is 303 g/mol. The van der Waals surface area contributed by atoms with Gasteiger partial charge in [0.15, 0.2) is 0 Å². The molecular formula is C9H6INOS. The maximum atomic E-state index is 10.6. The molecule has 0 aliphatic carbocycles. The number of halogens is 1. The lowest BCUT2D eigenvalue weighted by Gasteiger charge is -1.94. The number of thiophene rings is 1. The summed E-state index contributed by atoms with van der Waals surface area (Å²) in [6.07, 6.45) is 0.857. The summed E-state index contributed by atoms with van der Waals surface area (Å²) >= 11 is 3.77. The van der Waals surface area contributed by atoms with Crippen LogP contribution in [0.2, 0.25) is 0 Å². The van der Waals surface area contributed by atoms with Gasteiger partial charge in [-0.25, -0.2) is 0 Å². The molecule has 0 unspecified atom stereocenters. The van der Waals surface area contributed by atoms with E-state index in [1.807, 2.05) is 18.2 Å². The highest BCUT2D eigenvalue weighted by molar-refractivity contribution is 14.1. The molecule has 0 atom stereocenters. The van der Waals surface area contributed by atoms with Gasteiger partial charge in [0.05, 0.1) is 5.00 Å². The van der Waals surface area contributed by atoms with Crippen molar-refractivity contribution in [2.75, 3.05) is 5.73 Å². The SMILES string of the molecule is Nc1cc2cc(C=O)cc(I)c2s1. The molecule has 0 fully saturated rings. The van der Waals surface area contributed by atoms with Gasteiger partial charge in [-0.1, -0.05) is 0 Å². The summed E-state index contributed by atoms with van der Waals surface area (Å²) in [5, 5.41) is 1.84. The van der Waals surface area contributed by atoms with Crippen LogP contribution in [-0.2, 0) is 0 Å². The summed E-state index contributed by atoms with van der Waals surface area (Å²) in [7, 11) is 0. The molecule has 13 heavy (non-hydrogen) atoms. The Kier molecular flexibility index (Phi) is 2.25. The molecular weight excluding hydrogens is 297 g/mol. The summed E-state index contributed by atoms with van der Waals surface area (Å²) in [6.45, 7) is 0. The molecule has 0 aliphatic rings. The molecule has 0 saturated heterocycles. The lowest BCUT2D eigenvalue weighted by atomic mass is 10.2. The number of fused-ring (bicyclic) bond motifs is 1. The Bertz CT molecular complexity index is 478. The van der Waals surface area contributed by atoms with Crippen molar-refractivity contribution in [1.82, 2.24) is 0 Å². The number of hydrogen-bond donors (Lipinski definition) is 1. The molecule has 2 nitrogen and oxygen atoms in total. The van der Waals surface area contributed by atoms with E-state index in [0.717, 1.165) is 24.9 Å². The van der Waals surface area contributed by atoms with Crippen molar-refractivity contribution < 1.29 is 4.79 Å². The molecule has 66 valence electrons. The first kappa shape index (κ1) is 8.96. The third-order valence-corrected chi connectivity index (χ3v) is 3.98. The zero-order valence-corrected chi connectivity index (χ0v) is 9.56. The Morgan fingerprint density at radius 2 is 2.15 bits per heavy atom. The molecule has 0 saturated carbocycles. The molecule has 1 aromatic heterocycles. The minimum absolute atomic E-state index is 0.703. The zero-order chi connectivity index (χ0) is 9.42. The van der Waals surface area contributed by atoms with E-state index in [0.29, 0.717) is 5.56 Å². The monoisotopic (exact) mass is 303 g/mol. The summed E-state index contributed by atoms with van der Waals surface area (Å²) in [4.78, 5) is 10.6. The van der Waals surface area contributed by atoms with Crippen molar-refractivity contribution in [3.8, 4) is 0 Å². The number of carbonyl (C=O) groups is 1. The molecule has 2 aromatic rings. The smallest absolute Gasteiger partial charge is 0.150 e. The van der Waals surface area contributed by atoms with E-state index in [-0.39, 0.29) is 0 Å². The van der Waals surface area contributed by atoms with Crippen molar-refractivity contribution in [2.45, 2.75) is 0 Å². The van der Waals surface area contributed by atoms with E-state index < -0.39 is 0 Å². The number of benzene rings is 1. The summed E-state index contributed by atoms with van der Waals surface area (Å²) < 4.78 is 2.24. The number of rotatable bonds is 1. The van der Waals surface area contributed by atoms with Gasteiger partial charge in [-0.05, 0) is 46.2 Å². The molecule has 1 aromatic carbocycles. The fraction of sp³-hybridized carbons (Fsp3) is 0. The van der Waals surface area contributed by atoms with Crippen LogP contribution >= 0.6 is 33.9 Å². The summed E-state index contributed by atoms with van der Waals surface area (Å²) in [5.41, 5.74) is 6.38. The van der Waals surface area contributed by atoms with Gasteiger partial charge in [0.1, 0.15) is 6.29 Å². The number of nitrogen functional groups attached to an aromatic ring is 1. The largest absolute Gasteiger partial charge is 0.391 e. The van der Waals surface area contributed by atoms with Crippen LogP contribution in [0.4, 0.5) is 5.00 Å². The van der Waals surface area contributed by atoms with Crippen LogP contribution < -0.4 is 5.73 Å². The van der Waals surface area contributed by atoms with Crippen LogP contribution in [0.25, 0.3) is 10.1 Å². The normalized spacial score (nSPS) is 10.5. The van der Waals surface area contributed by atoms with Crippen LogP contribution in [0.5, 0.6) is 0 Å². The second-order valence-electron chi connectivity index (χ2n) is 2.69. The van der Waals surface area contributed by atoms with E-state index in [2.05, 4.69) is 22.6 Å². The van der Waals surface area contributed by atoms with E-state index in [4.69, 9.17) is 5.73 Å². The Morgan fingerprint density at radius 3 is 2.85 bits per heavy atom. The van der Waals surface area contributed by atoms with Gasteiger partial charge in [0.25, 0.3) is 0 Å². The Labute approximate surface area is 92.9 Å².